The van der Waals surface area contributed by atoms with E-state index in [0.717, 1.165) is 12.5 Å². The number of benzene rings is 1. The van der Waals surface area contributed by atoms with Crippen molar-refractivity contribution in [3.05, 3.63) is 45.2 Å². The molecule has 228 valence electrons. The van der Waals surface area contributed by atoms with E-state index in [1.807, 2.05) is 11.8 Å². The molecule has 10 nitrogen and oxygen atoms in total. The number of primary amides is 1. The number of carbonyl (C=O) groups excluding carboxylic acids is 2. The maximum absolute atomic E-state index is 14.9. The van der Waals surface area contributed by atoms with Crippen LogP contribution in [-0.2, 0) is 22.2 Å². The molecule has 1 aliphatic heterocycles. The molecule has 13 heteroatoms. The Morgan fingerprint density at radius 3 is 2.50 bits per heavy atom. The Labute approximate surface area is 240 Å². The number of hydrogen-bond donors (Lipinski definition) is 6. The molecule has 1 aromatic rings. The van der Waals surface area contributed by atoms with Crippen LogP contribution in [0.2, 0.25) is 0 Å². The first-order valence-electron chi connectivity index (χ1n) is 14.0. The minimum absolute atomic E-state index is 0.0862. The lowest BCUT2D eigenvalue weighted by molar-refractivity contribution is -0.140. The van der Waals surface area contributed by atoms with Crippen LogP contribution in [0.5, 0.6) is 5.75 Å². The fourth-order valence-corrected chi connectivity index (χ4v) is 7.73. The number of likely N-dealkylation sites (N-methyl/N-ethyl adjacent to an activating group) is 1. The minimum Gasteiger partial charge on any atom is -0.510 e. The summed E-state index contributed by atoms with van der Waals surface area (Å²) in [5, 5.41) is 53.6. The Hall–Kier alpha value is -3.42. The van der Waals surface area contributed by atoms with Crippen molar-refractivity contribution in [2.24, 2.45) is 17.6 Å². The number of nitrogens with zero attached hydrogens (tertiary/aromatic N) is 2. The Balaban J connectivity index is 1.73. The van der Waals surface area contributed by atoms with Crippen LogP contribution in [-0.4, -0.2) is 86.5 Å². The molecule has 0 bridgehead atoms. The summed E-state index contributed by atoms with van der Waals surface area (Å²) in [6.07, 6.45) is -3.56. The zero-order valence-electron chi connectivity index (χ0n) is 23.5. The number of aliphatic hydroxyl groups excluding tert-OH is 2. The Bertz CT molecular complexity index is 1450. The third kappa shape index (κ3) is 4.15. The average Bonchev–Trinajstić information content (AvgIpc) is 3.33. The molecule has 3 aliphatic carbocycles. The number of ketones is 1. The molecule has 1 saturated heterocycles. The van der Waals surface area contributed by atoms with E-state index in [9.17, 15) is 43.2 Å². The number of carbonyl (C=O) groups is 2. The highest BCUT2D eigenvalue weighted by Crippen LogP contribution is 2.55. The van der Waals surface area contributed by atoms with E-state index in [1.54, 1.807) is 0 Å². The number of aromatic hydroxyl groups is 1. The van der Waals surface area contributed by atoms with Crippen molar-refractivity contribution in [3.8, 4) is 5.75 Å². The number of rotatable bonds is 5. The monoisotopic (exact) mass is 592 g/mol. The SMILES string of the molecule is CCCN1CCCC1c1cc(O)c2c(c1C(F)(F)F)C[C@H]1C[C@H]3[C@H](N(C)C)C(O)=C(C(N)=O)C(=N)[C@@]3(O)C(=O)C1=C2O. The summed E-state index contributed by atoms with van der Waals surface area (Å²) in [4.78, 5) is 29.5. The van der Waals surface area contributed by atoms with Crippen LogP contribution < -0.4 is 5.73 Å². The molecule has 1 unspecified atom stereocenters. The second-order valence-corrected chi connectivity index (χ2v) is 11.9. The Kier molecular flexibility index (Phi) is 7.22. The van der Waals surface area contributed by atoms with Gasteiger partial charge in [-0.15, -0.1) is 0 Å². The van der Waals surface area contributed by atoms with Crippen molar-refractivity contribution in [2.75, 3.05) is 27.2 Å². The lowest BCUT2D eigenvalue weighted by atomic mass is 9.56. The average molecular weight is 593 g/mol. The summed E-state index contributed by atoms with van der Waals surface area (Å²) in [5.41, 5.74) is -1.36. The highest BCUT2D eigenvalue weighted by atomic mass is 19.4. The van der Waals surface area contributed by atoms with Gasteiger partial charge in [0.05, 0.1) is 22.9 Å². The lowest BCUT2D eigenvalue weighted by Gasteiger charge is -2.51. The van der Waals surface area contributed by atoms with E-state index < -0.39 is 92.6 Å². The lowest BCUT2D eigenvalue weighted by Crippen LogP contribution is -2.67. The topological polar surface area (TPSA) is 171 Å². The van der Waals surface area contributed by atoms with Gasteiger partial charge in [0.25, 0.3) is 5.91 Å². The summed E-state index contributed by atoms with van der Waals surface area (Å²) in [6.45, 7) is 3.12. The van der Waals surface area contributed by atoms with Gasteiger partial charge in [0.15, 0.2) is 5.60 Å². The van der Waals surface area contributed by atoms with Crippen molar-refractivity contribution < 1.29 is 43.2 Å². The minimum atomic E-state index is -4.85. The Morgan fingerprint density at radius 1 is 1.26 bits per heavy atom. The number of amides is 1. The zero-order chi connectivity index (χ0) is 31.0. The molecule has 7 N–H and O–H groups in total. The van der Waals surface area contributed by atoms with Gasteiger partial charge in [-0.2, -0.15) is 13.2 Å². The summed E-state index contributed by atoms with van der Waals surface area (Å²) < 4.78 is 44.6. The number of halogens is 3. The molecule has 2 fully saturated rings. The number of nitrogens with two attached hydrogens (primary N) is 1. The molecule has 42 heavy (non-hydrogen) atoms. The number of Topliss-reactive ketones (excluding diaryl/α,β-unsaturated/α-hetero) is 1. The third-order valence-corrected chi connectivity index (χ3v) is 9.33. The van der Waals surface area contributed by atoms with Crippen LogP contribution >= 0.6 is 0 Å². The van der Waals surface area contributed by atoms with E-state index in [1.165, 1.54) is 19.0 Å². The first-order valence-corrected chi connectivity index (χ1v) is 14.0. The molecule has 1 aromatic carbocycles. The number of phenolic OH excluding ortho intramolecular Hbond substituents is 1. The van der Waals surface area contributed by atoms with E-state index in [0.29, 0.717) is 25.9 Å². The van der Waals surface area contributed by atoms with Crippen LogP contribution in [0.1, 0.15) is 60.9 Å². The van der Waals surface area contributed by atoms with Crippen LogP contribution in [0, 0.1) is 17.2 Å². The number of fused-ring (bicyclic) bond motifs is 3. The van der Waals surface area contributed by atoms with Gasteiger partial charge in [-0.25, -0.2) is 0 Å². The van der Waals surface area contributed by atoms with Crippen molar-refractivity contribution in [1.82, 2.24) is 9.80 Å². The van der Waals surface area contributed by atoms with Crippen LogP contribution in [0.4, 0.5) is 13.2 Å². The number of likely N-dealkylation sites (tertiary alicyclic amines) is 1. The molecular formula is C29H35F3N4O6. The van der Waals surface area contributed by atoms with Gasteiger partial charge >= 0.3 is 6.18 Å². The second-order valence-electron chi connectivity index (χ2n) is 11.9. The summed E-state index contributed by atoms with van der Waals surface area (Å²) in [6, 6.07) is -0.753. The Morgan fingerprint density at radius 2 is 1.93 bits per heavy atom. The van der Waals surface area contributed by atoms with Crippen LogP contribution in [0.15, 0.2) is 23.0 Å². The second kappa shape index (κ2) is 10.1. The van der Waals surface area contributed by atoms with Crippen molar-refractivity contribution in [1.29, 1.82) is 5.41 Å². The van der Waals surface area contributed by atoms with Gasteiger partial charge in [-0.3, -0.25) is 19.4 Å². The maximum Gasteiger partial charge on any atom is 0.417 e. The summed E-state index contributed by atoms with van der Waals surface area (Å²) in [7, 11) is 3.02. The maximum atomic E-state index is 14.9. The number of phenols is 1. The van der Waals surface area contributed by atoms with E-state index >= 15 is 0 Å². The summed E-state index contributed by atoms with van der Waals surface area (Å²) >= 11 is 0. The van der Waals surface area contributed by atoms with E-state index in [-0.39, 0.29) is 24.0 Å². The third-order valence-electron chi connectivity index (χ3n) is 9.33. The fraction of sp³-hybridized carbons (Fsp3) is 0.552. The number of aliphatic hydroxyl groups is 3. The summed E-state index contributed by atoms with van der Waals surface area (Å²) in [5.74, 6) is -6.88. The molecule has 4 aliphatic rings. The van der Waals surface area contributed by atoms with Gasteiger partial charge < -0.3 is 31.6 Å². The molecule has 0 spiro atoms. The fourth-order valence-electron chi connectivity index (χ4n) is 7.73. The normalized spacial score (nSPS) is 30.1. The van der Waals surface area contributed by atoms with Crippen LogP contribution in [0.3, 0.4) is 0 Å². The molecular weight excluding hydrogens is 557 g/mol. The first kappa shape index (κ1) is 30.1. The molecule has 5 atom stereocenters. The van der Waals surface area contributed by atoms with Gasteiger partial charge in [-0.1, -0.05) is 6.92 Å². The highest BCUT2D eigenvalue weighted by Gasteiger charge is 2.63. The predicted molar refractivity (Wildman–Crippen MR) is 146 cm³/mol. The molecule has 5 rings (SSSR count). The quantitative estimate of drug-likeness (QED) is 0.303. The van der Waals surface area contributed by atoms with Gasteiger partial charge in [0.2, 0.25) is 5.78 Å². The smallest absolute Gasteiger partial charge is 0.417 e. The number of alkyl halides is 3. The molecule has 1 heterocycles. The van der Waals surface area contributed by atoms with Gasteiger partial charge in [0, 0.05) is 17.5 Å². The van der Waals surface area contributed by atoms with E-state index in [4.69, 9.17) is 11.1 Å². The molecule has 0 radical (unpaired) electrons. The highest BCUT2D eigenvalue weighted by molar-refractivity contribution is 6.33. The van der Waals surface area contributed by atoms with Gasteiger partial charge in [0.1, 0.15) is 22.8 Å². The van der Waals surface area contributed by atoms with Gasteiger partial charge in [-0.05, 0) is 82.4 Å². The predicted octanol–water partition coefficient (Wildman–Crippen LogP) is 2.98. The molecule has 0 aromatic heterocycles. The first-order chi connectivity index (χ1) is 19.6. The van der Waals surface area contributed by atoms with E-state index in [2.05, 4.69) is 0 Å². The number of hydrogen-bond acceptors (Lipinski definition) is 9. The number of nitrogens with one attached hydrogen (secondary N) is 1. The van der Waals surface area contributed by atoms with Crippen molar-refractivity contribution in [2.45, 2.75) is 62.9 Å². The van der Waals surface area contributed by atoms with Crippen molar-refractivity contribution >= 4 is 23.2 Å². The zero-order valence-corrected chi connectivity index (χ0v) is 23.5. The van der Waals surface area contributed by atoms with Crippen molar-refractivity contribution in [3.63, 3.8) is 0 Å². The van der Waals surface area contributed by atoms with Crippen LogP contribution in [0.25, 0.3) is 5.76 Å². The molecule has 1 amide bonds. The largest absolute Gasteiger partial charge is 0.510 e. The standard InChI is InChI=1S/C29H35F3N4O6/c1-4-7-36-8-5-6-16(36)13-11-17(37)19-14(21(13)29(30,31)32)9-12-10-15-22(35(2)3)24(39)20(27(34)41)25(33)28(15,42)26(40)18(12)23(19)38/h11-12,15-16,22,33,37-39,42H,4-10H2,1-3H3,(H2,34,41)/t12-,15-,16?,22-,28+/m0/s1. The molecule has 1 saturated carbocycles.